The van der Waals surface area contributed by atoms with Gasteiger partial charge in [-0.2, -0.15) is 0 Å². The second-order valence-electron chi connectivity index (χ2n) is 6.59. The Labute approximate surface area is 126 Å². The van der Waals surface area contributed by atoms with Crippen molar-refractivity contribution in [2.24, 2.45) is 11.8 Å². The maximum atomic E-state index is 11.3. The molecule has 0 bridgehead atoms. The molecule has 3 nitrogen and oxygen atoms in total. The smallest absolute Gasteiger partial charge is 0.306 e. The normalized spacial score (nSPS) is 25.7. The number of carboxylic acids is 1. The third-order valence-electron chi connectivity index (χ3n) is 5.02. The lowest BCUT2D eigenvalue weighted by Crippen LogP contribution is -2.34. The molecule has 2 atom stereocenters. The van der Waals surface area contributed by atoms with Crippen LogP contribution in [0.25, 0.3) is 0 Å². The number of hydrogen-bond acceptors (Lipinski definition) is 2. The molecule has 2 fully saturated rings. The molecule has 21 heavy (non-hydrogen) atoms. The topological polar surface area (TPSA) is 49.3 Å². The largest absolute Gasteiger partial charge is 0.481 e. The summed E-state index contributed by atoms with van der Waals surface area (Å²) in [6.45, 7) is 1.70. The average molecular weight is 287 g/mol. The highest BCUT2D eigenvalue weighted by molar-refractivity contribution is 5.70. The summed E-state index contributed by atoms with van der Waals surface area (Å²) in [5.74, 6) is 0.304. The van der Waals surface area contributed by atoms with E-state index in [0.717, 1.165) is 38.3 Å². The van der Waals surface area contributed by atoms with Gasteiger partial charge in [-0.3, -0.25) is 4.79 Å². The van der Waals surface area contributed by atoms with Crippen molar-refractivity contribution in [2.75, 3.05) is 6.54 Å². The molecule has 1 aromatic rings. The van der Waals surface area contributed by atoms with Crippen molar-refractivity contribution < 1.29 is 9.90 Å². The zero-order valence-electron chi connectivity index (χ0n) is 12.6. The molecule has 0 amide bonds. The highest BCUT2D eigenvalue weighted by atomic mass is 16.4. The van der Waals surface area contributed by atoms with Crippen molar-refractivity contribution in [2.45, 2.75) is 51.0 Å². The quantitative estimate of drug-likeness (QED) is 0.841. The Balaban J connectivity index is 1.54. The summed E-state index contributed by atoms with van der Waals surface area (Å²) in [4.78, 5) is 11.3. The molecule has 3 heteroatoms. The van der Waals surface area contributed by atoms with Gasteiger partial charge in [0.25, 0.3) is 0 Å². The van der Waals surface area contributed by atoms with E-state index in [1.165, 1.54) is 30.4 Å². The minimum atomic E-state index is -0.611. The highest BCUT2D eigenvalue weighted by Crippen LogP contribution is 2.41. The van der Waals surface area contributed by atoms with E-state index in [-0.39, 0.29) is 5.92 Å². The van der Waals surface area contributed by atoms with E-state index in [0.29, 0.717) is 5.92 Å². The Hall–Kier alpha value is -1.35. The van der Waals surface area contributed by atoms with Crippen LogP contribution < -0.4 is 5.32 Å². The van der Waals surface area contributed by atoms with Crippen molar-refractivity contribution in [3.8, 4) is 0 Å². The zero-order valence-corrected chi connectivity index (χ0v) is 12.6. The van der Waals surface area contributed by atoms with Gasteiger partial charge < -0.3 is 10.4 Å². The zero-order chi connectivity index (χ0) is 14.7. The van der Waals surface area contributed by atoms with E-state index < -0.39 is 5.97 Å². The third-order valence-corrected chi connectivity index (χ3v) is 5.02. The molecule has 1 aromatic carbocycles. The summed E-state index contributed by atoms with van der Waals surface area (Å²) in [6, 6.07) is 8.67. The predicted molar refractivity (Wildman–Crippen MR) is 83.2 cm³/mol. The van der Waals surface area contributed by atoms with Crippen LogP contribution in [0.5, 0.6) is 0 Å². The first kappa shape index (κ1) is 14.6. The van der Waals surface area contributed by atoms with Gasteiger partial charge in [-0.05, 0) is 55.2 Å². The van der Waals surface area contributed by atoms with Crippen LogP contribution in [0.15, 0.2) is 24.3 Å². The molecule has 0 spiro atoms. The summed E-state index contributed by atoms with van der Waals surface area (Å²) in [7, 11) is 0. The maximum absolute atomic E-state index is 11.3. The van der Waals surface area contributed by atoms with Crippen molar-refractivity contribution >= 4 is 5.97 Å². The van der Waals surface area contributed by atoms with Gasteiger partial charge >= 0.3 is 5.97 Å². The molecular formula is C18H25NO2. The minimum absolute atomic E-state index is 0.148. The van der Waals surface area contributed by atoms with Gasteiger partial charge in [-0.1, -0.05) is 37.1 Å². The lowest BCUT2D eigenvalue weighted by atomic mass is 9.79. The van der Waals surface area contributed by atoms with E-state index in [4.69, 9.17) is 0 Å². The Morgan fingerprint density at radius 1 is 1.14 bits per heavy atom. The molecule has 2 unspecified atom stereocenters. The SMILES string of the molecule is O=C(O)C1CCCCC1CNCc1ccccc1C1CC1. The van der Waals surface area contributed by atoms with Crippen LogP contribution in [0.2, 0.25) is 0 Å². The fraction of sp³-hybridized carbons (Fsp3) is 0.611. The van der Waals surface area contributed by atoms with E-state index in [9.17, 15) is 9.90 Å². The molecule has 3 rings (SSSR count). The fourth-order valence-corrected chi connectivity index (χ4v) is 3.66. The van der Waals surface area contributed by atoms with Crippen LogP contribution in [0.1, 0.15) is 55.6 Å². The number of rotatable bonds is 6. The lowest BCUT2D eigenvalue weighted by Gasteiger charge is -2.28. The van der Waals surface area contributed by atoms with Crippen LogP contribution in [0, 0.1) is 11.8 Å². The van der Waals surface area contributed by atoms with Crippen LogP contribution in [-0.2, 0) is 11.3 Å². The van der Waals surface area contributed by atoms with Crippen molar-refractivity contribution in [3.63, 3.8) is 0 Å². The minimum Gasteiger partial charge on any atom is -0.481 e. The molecule has 0 radical (unpaired) electrons. The summed E-state index contributed by atoms with van der Waals surface area (Å²) in [5, 5.41) is 12.8. The molecule has 2 saturated carbocycles. The van der Waals surface area contributed by atoms with Crippen molar-refractivity contribution in [3.05, 3.63) is 35.4 Å². The standard InChI is InChI=1S/C18H25NO2/c20-18(21)17-8-4-2-6-15(17)12-19-11-14-5-1-3-7-16(14)13-9-10-13/h1,3,5,7,13,15,17,19H,2,4,6,8-12H2,(H,20,21). The molecule has 2 N–H and O–H groups in total. The van der Waals surface area contributed by atoms with Crippen LogP contribution in [0.3, 0.4) is 0 Å². The van der Waals surface area contributed by atoms with Crippen molar-refractivity contribution in [1.82, 2.24) is 5.32 Å². The van der Waals surface area contributed by atoms with Gasteiger partial charge in [-0.15, -0.1) is 0 Å². The summed E-state index contributed by atoms with van der Waals surface area (Å²) in [5.41, 5.74) is 2.88. The molecule has 0 aromatic heterocycles. The highest BCUT2D eigenvalue weighted by Gasteiger charge is 2.30. The molecule has 114 valence electrons. The first-order chi connectivity index (χ1) is 10.3. The van der Waals surface area contributed by atoms with Gasteiger partial charge in [0.1, 0.15) is 0 Å². The van der Waals surface area contributed by atoms with Gasteiger partial charge in [0.05, 0.1) is 5.92 Å². The maximum Gasteiger partial charge on any atom is 0.306 e. The van der Waals surface area contributed by atoms with Gasteiger partial charge in [-0.25, -0.2) is 0 Å². The lowest BCUT2D eigenvalue weighted by molar-refractivity contribution is -0.144. The average Bonchev–Trinajstić information content (AvgIpc) is 3.33. The summed E-state index contributed by atoms with van der Waals surface area (Å²) in [6.07, 6.45) is 6.78. The Morgan fingerprint density at radius 2 is 1.90 bits per heavy atom. The van der Waals surface area contributed by atoms with E-state index in [1.54, 1.807) is 0 Å². The first-order valence-corrected chi connectivity index (χ1v) is 8.27. The first-order valence-electron chi connectivity index (χ1n) is 8.27. The Kier molecular flexibility index (Phi) is 4.59. The third kappa shape index (κ3) is 3.65. The fourth-order valence-electron chi connectivity index (χ4n) is 3.66. The number of hydrogen-bond donors (Lipinski definition) is 2. The van der Waals surface area contributed by atoms with Crippen LogP contribution in [0.4, 0.5) is 0 Å². The molecule has 0 aliphatic heterocycles. The Morgan fingerprint density at radius 3 is 2.67 bits per heavy atom. The summed E-state index contributed by atoms with van der Waals surface area (Å²) >= 11 is 0. The number of carboxylic acid groups (broad SMARTS) is 1. The molecule has 0 saturated heterocycles. The number of nitrogens with one attached hydrogen (secondary N) is 1. The second kappa shape index (κ2) is 6.61. The van der Waals surface area contributed by atoms with Crippen LogP contribution in [-0.4, -0.2) is 17.6 Å². The monoisotopic (exact) mass is 287 g/mol. The van der Waals surface area contributed by atoms with Gasteiger partial charge in [0.2, 0.25) is 0 Å². The Bertz CT molecular complexity index is 496. The molecule has 2 aliphatic rings. The second-order valence-corrected chi connectivity index (χ2v) is 6.59. The molecular weight excluding hydrogens is 262 g/mol. The van der Waals surface area contributed by atoms with E-state index >= 15 is 0 Å². The number of benzene rings is 1. The van der Waals surface area contributed by atoms with E-state index in [1.807, 2.05) is 0 Å². The molecule has 2 aliphatic carbocycles. The van der Waals surface area contributed by atoms with Gasteiger partial charge in [0, 0.05) is 6.54 Å². The number of aliphatic carboxylic acids is 1. The van der Waals surface area contributed by atoms with Crippen molar-refractivity contribution in [1.29, 1.82) is 0 Å². The number of carbonyl (C=O) groups is 1. The molecule has 0 heterocycles. The van der Waals surface area contributed by atoms with E-state index in [2.05, 4.69) is 29.6 Å². The summed E-state index contributed by atoms with van der Waals surface area (Å²) < 4.78 is 0. The van der Waals surface area contributed by atoms with Crippen LogP contribution >= 0.6 is 0 Å². The van der Waals surface area contributed by atoms with Gasteiger partial charge in [0.15, 0.2) is 0 Å². The predicted octanol–water partition coefficient (Wildman–Crippen LogP) is 3.54.